The van der Waals surface area contributed by atoms with Crippen molar-refractivity contribution < 1.29 is 9.13 Å². The average molecular weight is 273 g/mol. The molecular weight excluding hydrogens is 253 g/mol. The molecule has 0 bridgehead atoms. The number of hydrogen-bond donors (Lipinski definition) is 1. The van der Waals surface area contributed by atoms with E-state index in [-0.39, 0.29) is 17.6 Å². The van der Waals surface area contributed by atoms with Gasteiger partial charge in [-0.05, 0) is 31.0 Å². The Hall–Kier alpha value is -1.87. The first-order chi connectivity index (χ1) is 9.63. The molecule has 0 aliphatic heterocycles. The molecule has 0 saturated carbocycles. The summed E-state index contributed by atoms with van der Waals surface area (Å²) >= 11 is 0. The molecule has 0 fully saturated rings. The van der Waals surface area contributed by atoms with Crippen molar-refractivity contribution in [3.05, 3.63) is 65.0 Å². The SMILES string of the molecule is COc1cccc(CN[C@H](C)c2ccccc2C)c1F. The third kappa shape index (κ3) is 3.17. The Labute approximate surface area is 119 Å². The number of hydrogen-bond acceptors (Lipinski definition) is 2. The lowest BCUT2D eigenvalue weighted by Crippen LogP contribution is -2.19. The van der Waals surface area contributed by atoms with Crippen molar-refractivity contribution >= 4 is 0 Å². The van der Waals surface area contributed by atoms with Crippen molar-refractivity contribution in [1.29, 1.82) is 0 Å². The van der Waals surface area contributed by atoms with E-state index in [0.717, 1.165) is 0 Å². The summed E-state index contributed by atoms with van der Waals surface area (Å²) in [7, 11) is 1.48. The molecule has 2 aromatic rings. The second-order valence-corrected chi connectivity index (χ2v) is 4.89. The van der Waals surface area contributed by atoms with Crippen LogP contribution in [0, 0.1) is 12.7 Å². The first kappa shape index (κ1) is 14.5. The molecule has 2 rings (SSSR count). The Morgan fingerprint density at radius 1 is 1.15 bits per heavy atom. The van der Waals surface area contributed by atoms with Gasteiger partial charge in [0.15, 0.2) is 11.6 Å². The standard InChI is InChI=1S/C17H20FNO/c1-12-7-4-5-9-15(12)13(2)19-11-14-8-6-10-16(20-3)17(14)18/h4-10,13,19H,11H2,1-3H3/t13-/m1/s1. The van der Waals surface area contributed by atoms with Gasteiger partial charge in [-0.2, -0.15) is 0 Å². The molecule has 1 N–H and O–H groups in total. The van der Waals surface area contributed by atoms with Crippen molar-refractivity contribution in [3.8, 4) is 5.75 Å². The van der Waals surface area contributed by atoms with E-state index in [9.17, 15) is 4.39 Å². The Bertz CT molecular complexity index is 583. The maximum atomic E-state index is 14.0. The first-order valence-corrected chi connectivity index (χ1v) is 6.73. The van der Waals surface area contributed by atoms with Crippen LogP contribution in [-0.4, -0.2) is 7.11 Å². The molecule has 0 unspecified atom stereocenters. The van der Waals surface area contributed by atoms with Gasteiger partial charge >= 0.3 is 0 Å². The van der Waals surface area contributed by atoms with Crippen LogP contribution in [-0.2, 0) is 6.54 Å². The van der Waals surface area contributed by atoms with E-state index in [1.165, 1.54) is 18.2 Å². The molecule has 1 atom stereocenters. The van der Waals surface area contributed by atoms with E-state index in [2.05, 4.69) is 31.3 Å². The minimum absolute atomic E-state index is 0.168. The highest BCUT2D eigenvalue weighted by molar-refractivity contribution is 5.32. The molecule has 0 aliphatic carbocycles. The molecule has 106 valence electrons. The lowest BCUT2D eigenvalue weighted by atomic mass is 10.0. The van der Waals surface area contributed by atoms with Gasteiger partial charge in [0.1, 0.15) is 0 Å². The molecule has 3 heteroatoms. The Balaban J connectivity index is 2.08. The van der Waals surface area contributed by atoms with Gasteiger partial charge in [-0.15, -0.1) is 0 Å². The molecule has 0 amide bonds. The average Bonchev–Trinajstić information content (AvgIpc) is 2.46. The number of methoxy groups -OCH3 is 1. The largest absolute Gasteiger partial charge is 0.494 e. The lowest BCUT2D eigenvalue weighted by Gasteiger charge is -2.17. The van der Waals surface area contributed by atoms with E-state index in [0.29, 0.717) is 12.1 Å². The third-order valence-electron chi connectivity index (χ3n) is 3.52. The summed E-state index contributed by atoms with van der Waals surface area (Å²) in [4.78, 5) is 0. The zero-order valence-electron chi connectivity index (χ0n) is 12.1. The van der Waals surface area contributed by atoms with Gasteiger partial charge in [0.2, 0.25) is 0 Å². The molecule has 20 heavy (non-hydrogen) atoms. The second kappa shape index (κ2) is 6.53. The van der Waals surface area contributed by atoms with E-state index < -0.39 is 0 Å². The number of benzene rings is 2. The lowest BCUT2D eigenvalue weighted by molar-refractivity contribution is 0.382. The molecule has 0 aromatic heterocycles. The van der Waals surface area contributed by atoms with E-state index in [4.69, 9.17) is 4.74 Å². The van der Waals surface area contributed by atoms with Gasteiger partial charge in [0.25, 0.3) is 0 Å². The summed E-state index contributed by atoms with van der Waals surface area (Å²) in [5.74, 6) is -0.00710. The molecule has 2 aromatic carbocycles. The van der Waals surface area contributed by atoms with Crippen molar-refractivity contribution in [1.82, 2.24) is 5.32 Å². The zero-order chi connectivity index (χ0) is 14.5. The summed E-state index contributed by atoms with van der Waals surface area (Å²) in [6.07, 6.45) is 0. The molecular formula is C17H20FNO. The first-order valence-electron chi connectivity index (χ1n) is 6.73. The normalized spacial score (nSPS) is 12.2. The highest BCUT2D eigenvalue weighted by atomic mass is 19.1. The summed E-state index contributed by atoms with van der Waals surface area (Å²) in [5.41, 5.74) is 3.08. The van der Waals surface area contributed by atoms with E-state index in [1.54, 1.807) is 18.2 Å². The fourth-order valence-corrected chi connectivity index (χ4v) is 2.30. The van der Waals surface area contributed by atoms with Crippen LogP contribution in [0.25, 0.3) is 0 Å². The Kier molecular flexibility index (Phi) is 4.74. The minimum atomic E-state index is -0.292. The Morgan fingerprint density at radius 3 is 2.60 bits per heavy atom. The monoisotopic (exact) mass is 273 g/mol. The zero-order valence-corrected chi connectivity index (χ0v) is 12.1. The van der Waals surface area contributed by atoms with Crippen molar-refractivity contribution in [2.45, 2.75) is 26.4 Å². The van der Waals surface area contributed by atoms with E-state index in [1.807, 2.05) is 12.1 Å². The summed E-state index contributed by atoms with van der Waals surface area (Å²) in [6.45, 7) is 4.64. The second-order valence-electron chi connectivity index (χ2n) is 4.89. The number of rotatable bonds is 5. The summed E-state index contributed by atoms with van der Waals surface area (Å²) in [5, 5.41) is 3.35. The molecule has 0 saturated heterocycles. The van der Waals surface area contributed by atoms with Gasteiger partial charge in [0.05, 0.1) is 7.11 Å². The van der Waals surface area contributed by atoms with Crippen molar-refractivity contribution in [3.63, 3.8) is 0 Å². The Morgan fingerprint density at radius 2 is 1.90 bits per heavy atom. The smallest absolute Gasteiger partial charge is 0.169 e. The van der Waals surface area contributed by atoms with Crippen LogP contribution in [0.2, 0.25) is 0 Å². The fraction of sp³-hybridized carbons (Fsp3) is 0.294. The topological polar surface area (TPSA) is 21.3 Å². The number of aryl methyl sites for hydroxylation is 1. The predicted molar refractivity (Wildman–Crippen MR) is 79.4 cm³/mol. The van der Waals surface area contributed by atoms with E-state index >= 15 is 0 Å². The molecule has 0 aliphatic rings. The van der Waals surface area contributed by atoms with Crippen LogP contribution in [0.1, 0.15) is 29.7 Å². The van der Waals surface area contributed by atoms with Gasteiger partial charge in [-0.25, -0.2) is 4.39 Å². The van der Waals surface area contributed by atoms with Crippen LogP contribution in [0.3, 0.4) is 0 Å². The predicted octanol–water partition coefficient (Wildman–Crippen LogP) is 3.99. The molecule has 0 radical (unpaired) electrons. The number of halogens is 1. The highest BCUT2D eigenvalue weighted by Crippen LogP contribution is 2.21. The number of nitrogens with one attached hydrogen (secondary N) is 1. The van der Waals surface area contributed by atoms with Gasteiger partial charge in [0, 0.05) is 18.2 Å². The molecule has 0 heterocycles. The van der Waals surface area contributed by atoms with Crippen molar-refractivity contribution in [2.24, 2.45) is 0 Å². The quantitative estimate of drug-likeness (QED) is 0.889. The molecule has 2 nitrogen and oxygen atoms in total. The van der Waals surface area contributed by atoms with Crippen LogP contribution >= 0.6 is 0 Å². The minimum Gasteiger partial charge on any atom is -0.494 e. The summed E-state index contributed by atoms with van der Waals surface area (Å²) in [6, 6.07) is 13.6. The maximum absolute atomic E-state index is 14.0. The van der Waals surface area contributed by atoms with Gasteiger partial charge in [-0.3, -0.25) is 0 Å². The van der Waals surface area contributed by atoms with Gasteiger partial charge < -0.3 is 10.1 Å². The fourth-order valence-electron chi connectivity index (χ4n) is 2.30. The van der Waals surface area contributed by atoms with Crippen LogP contribution in [0.15, 0.2) is 42.5 Å². The van der Waals surface area contributed by atoms with Crippen LogP contribution < -0.4 is 10.1 Å². The summed E-state index contributed by atoms with van der Waals surface area (Å²) < 4.78 is 19.0. The molecule has 0 spiro atoms. The number of ether oxygens (including phenoxy) is 1. The third-order valence-corrected chi connectivity index (χ3v) is 3.52. The van der Waals surface area contributed by atoms with Crippen LogP contribution in [0.4, 0.5) is 4.39 Å². The highest BCUT2D eigenvalue weighted by Gasteiger charge is 2.11. The van der Waals surface area contributed by atoms with Gasteiger partial charge in [-0.1, -0.05) is 36.4 Å². The van der Waals surface area contributed by atoms with Crippen LogP contribution in [0.5, 0.6) is 5.75 Å². The van der Waals surface area contributed by atoms with Crippen molar-refractivity contribution in [2.75, 3.05) is 7.11 Å². The maximum Gasteiger partial charge on any atom is 0.169 e.